The highest BCUT2D eigenvalue weighted by Gasteiger charge is 2.26. The number of morpholine rings is 1. The van der Waals surface area contributed by atoms with Gasteiger partial charge in [0.05, 0.1) is 25.7 Å². The average molecular weight is 254 g/mol. The molecular weight excluding hydrogens is 236 g/mol. The van der Waals surface area contributed by atoms with Gasteiger partial charge in [-0.2, -0.15) is 0 Å². The monoisotopic (exact) mass is 254 g/mol. The zero-order valence-corrected chi connectivity index (χ0v) is 10.8. The molecule has 1 unspecified atom stereocenters. The molecule has 0 saturated carbocycles. The van der Waals surface area contributed by atoms with Crippen molar-refractivity contribution in [1.82, 2.24) is 10.2 Å². The summed E-state index contributed by atoms with van der Waals surface area (Å²) in [6.07, 6.45) is 0.512. The summed E-state index contributed by atoms with van der Waals surface area (Å²) in [7, 11) is 1.90. The third-order valence-corrected chi connectivity index (χ3v) is 3.77. The summed E-state index contributed by atoms with van der Waals surface area (Å²) in [4.78, 5) is 15.3. The molecule has 1 atom stereocenters. The van der Waals surface area contributed by atoms with Crippen molar-refractivity contribution >= 4 is 17.2 Å². The minimum absolute atomic E-state index is 0.168. The van der Waals surface area contributed by atoms with Crippen LogP contribution in [-0.4, -0.2) is 50.2 Å². The number of ether oxygens (including phenoxy) is 1. The van der Waals surface area contributed by atoms with E-state index in [2.05, 4.69) is 5.32 Å². The van der Waals surface area contributed by atoms with Crippen molar-refractivity contribution in [2.45, 2.75) is 12.5 Å². The van der Waals surface area contributed by atoms with E-state index in [1.54, 1.807) is 11.3 Å². The van der Waals surface area contributed by atoms with E-state index < -0.39 is 0 Å². The van der Waals surface area contributed by atoms with Gasteiger partial charge in [0.15, 0.2) is 0 Å². The van der Waals surface area contributed by atoms with E-state index in [1.165, 1.54) is 0 Å². The SMILES string of the molecule is CNCC1COCCN1C(=O)Cc1cccs1. The van der Waals surface area contributed by atoms with Gasteiger partial charge in [-0.3, -0.25) is 4.79 Å². The largest absolute Gasteiger partial charge is 0.377 e. The van der Waals surface area contributed by atoms with Crippen LogP contribution in [0, 0.1) is 0 Å². The molecule has 0 aromatic carbocycles. The number of rotatable bonds is 4. The molecule has 17 heavy (non-hydrogen) atoms. The Morgan fingerprint density at radius 3 is 3.29 bits per heavy atom. The zero-order valence-electron chi connectivity index (χ0n) is 10.0. The van der Waals surface area contributed by atoms with Gasteiger partial charge < -0.3 is 15.0 Å². The van der Waals surface area contributed by atoms with Crippen LogP contribution in [0.25, 0.3) is 0 Å². The minimum Gasteiger partial charge on any atom is -0.377 e. The Kier molecular flexibility index (Phi) is 4.53. The molecule has 1 N–H and O–H groups in total. The second-order valence-corrected chi connectivity index (χ2v) is 5.16. The fourth-order valence-electron chi connectivity index (χ4n) is 2.05. The predicted molar refractivity (Wildman–Crippen MR) is 68.3 cm³/mol. The van der Waals surface area contributed by atoms with Crippen LogP contribution in [0.2, 0.25) is 0 Å². The molecule has 0 spiro atoms. The van der Waals surface area contributed by atoms with Crippen LogP contribution >= 0.6 is 11.3 Å². The molecule has 0 radical (unpaired) electrons. The molecule has 0 aliphatic carbocycles. The molecule has 2 rings (SSSR count). The van der Waals surface area contributed by atoms with Crippen molar-refractivity contribution in [2.24, 2.45) is 0 Å². The smallest absolute Gasteiger partial charge is 0.228 e. The Bertz CT molecular complexity index is 351. The van der Waals surface area contributed by atoms with Crippen LogP contribution in [0.3, 0.4) is 0 Å². The summed E-state index contributed by atoms with van der Waals surface area (Å²) in [6, 6.07) is 4.16. The fraction of sp³-hybridized carbons (Fsp3) is 0.583. The highest BCUT2D eigenvalue weighted by molar-refractivity contribution is 7.10. The summed E-state index contributed by atoms with van der Waals surface area (Å²) in [5, 5.41) is 5.12. The Balaban J connectivity index is 1.96. The first-order chi connectivity index (χ1) is 8.31. The van der Waals surface area contributed by atoms with E-state index in [0.29, 0.717) is 26.2 Å². The van der Waals surface area contributed by atoms with Crippen molar-refractivity contribution in [3.8, 4) is 0 Å². The maximum absolute atomic E-state index is 12.2. The summed E-state index contributed by atoms with van der Waals surface area (Å²) in [5.74, 6) is 0.205. The van der Waals surface area contributed by atoms with Crippen LogP contribution in [0.1, 0.15) is 4.88 Å². The Morgan fingerprint density at radius 2 is 2.59 bits per heavy atom. The van der Waals surface area contributed by atoms with Gasteiger partial charge in [0.25, 0.3) is 0 Å². The minimum atomic E-state index is 0.168. The maximum atomic E-state index is 12.2. The molecule has 1 aromatic heterocycles. The Morgan fingerprint density at radius 1 is 1.71 bits per heavy atom. The first-order valence-corrected chi connectivity index (χ1v) is 6.73. The molecule has 0 bridgehead atoms. The van der Waals surface area contributed by atoms with Crippen LogP contribution < -0.4 is 5.32 Å². The van der Waals surface area contributed by atoms with Gasteiger partial charge in [-0.1, -0.05) is 6.07 Å². The number of likely N-dealkylation sites (N-methyl/N-ethyl adjacent to an activating group) is 1. The topological polar surface area (TPSA) is 41.6 Å². The molecule has 2 heterocycles. The van der Waals surface area contributed by atoms with Gasteiger partial charge >= 0.3 is 0 Å². The lowest BCUT2D eigenvalue weighted by molar-refractivity contribution is -0.138. The van der Waals surface area contributed by atoms with E-state index in [0.717, 1.165) is 11.4 Å². The highest BCUT2D eigenvalue weighted by Crippen LogP contribution is 2.13. The fourth-order valence-corrected chi connectivity index (χ4v) is 2.75. The van der Waals surface area contributed by atoms with Gasteiger partial charge in [0, 0.05) is 18.0 Å². The van der Waals surface area contributed by atoms with Gasteiger partial charge in [0.2, 0.25) is 5.91 Å². The number of carbonyl (C=O) groups is 1. The van der Waals surface area contributed by atoms with E-state index in [-0.39, 0.29) is 11.9 Å². The van der Waals surface area contributed by atoms with Gasteiger partial charge in [-0.15, -0.1) is 11.3 Å². The molecule has 94 valence electrons. The Labute approximate surface area is 106 Å². The number of nitrogens with one attached hydrogen (secondary N) is 1. The number of amides is 1. The van der Waals surface area contributed by atoms with Crippen molar-refractivity contribution < 1.29 is 9.53 Å². The number of hydrogen-bond donors (Lipinski definition) is 1. The predicted octanol–water partition coefficient (Wildman–Crippen LogP) is 0.737. The molecule has 1 aromatic rings. The van der Waals surface area contributed by atoms with E-state index in [4.69, 9.17) is 4.74 Å². The molecule has 5 heteroatoms. The number of hydrogen-bond acceptors (Lipinski definition) is 4. The van der Waals surface area contributed by atoms with Crippen molar-refractivity contribution in [1.29, 1.82) is 0 Å². The van der Waals surface area contributed by atoms with Gasteiger partial charge in [-0.25, -0.2) is 0 Å². The van der Waals surface area contributed by atoms with Crippen LogP contribution in [-0.2, 0) is 16.0 Å². The molecule has 4 nitrogen and oxygen atoms in total. The normalized spacial score (nSPS) is 20.5. The van der Waals surface area contributed by atoms with E-state index >= 15 is 0 Å². The third kappa shape index (κ3) is 3.28. The standard InChI is InChI=1S/C12H18N2O2S/c1-13-8-10-9-16-5-4-14(10)12(15)7-11-3-2-6-17-11/h2-3,6,10,13H,4-5,7-9H2,1H3. The molecule has 1 amide bonds. The maximum Gasteiger partial charge on any atom is 0.228 e. The summed E-state index contributed by atoms with van der Waals surface area (Å²) in [5.41, 5.74) is 0. The van der Waals surface area contributed by atoms with Crippen molar-refractivity contribution in [3.63, 3.8) is 0 Å². The average Bonchev–Trinajstić information content (AvgIpc) is 2.83. The van der Waals surface area contributed by atoms with E-state index in [9.17, 15) is 4.79 Å². The second kappa shape index (κ2) is 6.14. The van der Waals surface area contributed by atoms with Crippen molar-refractivity contribution in [3.05, 3.63) is 22.4 Å². The molecule has 1 saturated heterocycles. The quantitative estimate of drug-likeness (QED) is 0.861. The molecule has 1 fully saturated rings. The second-order valence-electron chi connectivity index (χ2n) is 4.13. The van der Waals surface area contributed by atoms with Crippen LogP contribution in [0.15, 0.2) is 17.5 Å². The summed E-state index contributed by atoms with van der Waals surface area (Å²) >= 11 is 1.64. The van der Waals surface area contributed by atoms with Gasteiger partial charge in [0.1, 0.15) is 0 Å². The number of nitrogens with zero attached hydrogens (tertiary/aromatic N) is 1. The zero-order chi connectivity index (χ0) is 12.1. The van der Waals surface area contributed by atoms with E-state index in [1.807, 2.05) is 29.5 Å². The molecule has 1 aliphatic rings. The van der Waals surface area contributed by atoms with Gasteiger partial charge in [-0.05, 0) is 18.5 Å². The first-order valence-electron chi connectivity index (χ1n) is 5.85. The highest BCUT2D eigenvalue weighted by atomic mass is 32.1. The van der Waals surface area contributed by atoms with Crippen molar-refractivity contribution in [2.75, 3.05) is 33.4 Å². The number of carbonyl (C=O) groups excluding carboxylic acids is 1. The lowest BCUT2D eigenvalue weighted by Crippen LogP contribution is -2.52. The first kappa shape index (κ1) is 12.5. The lowest BCUT2D eigenvalue weighted by Gasteiger charge is -2.35. The number of thiophene rings is 1. The third-order valence-electron chi connectivity index (χ3n) is 2.89. The lowest BCUT2D eigenvalue weighted by atomic mass is 10.2. The Hall–Kier alpha value is -0.910. The summed E-state index contributed by atoms with van der Waals surface area (Å²) < 4.78 is 5.42. The summed E-state index contributed by atoms with van der Waals surface area (Å²) in [6.45, 7) is 2.78. The van der Waals surface area contributed by atoms with Crippen LogP contribution in [0.5, 0.6) is 0 Å². The van der Waals surface area contributed by atoms with Crippen LogP contribution in [0.4, 0.5) is 0 Å². The molecule has 1 aliphatic heterocycles. The molecular formula is C12H18N2O2S.